The van der Waals surface area contributed by atoms with Gasteiger partial charge in [-0.3, -0.25) is 4.79 Å². The number of nitrogens with zero attached hydrogens (tertiary/aromatic N) is 3. The van der Waals surface area contributed by atoms with Crippen molar-refractivity contribution in [1.29, 1.82) is 0 Å². The van der Waals surface area contributed by atoms with Crippen LogP contribution in [0, 0.1) is 0 Å². The number of methoxy groups -OCH3 is 2. The number of amides is 1. The van der Waals surface area contributed by atoms with Crippen molar-refractivity contribution in [1.82, 2.24) is 10.2 Å². The summed E-state index contributed by atoms with van der Waals surface area (Å²) in [6, 6.07) is 14.8. The van der Waals surface area contributed by atoms with Crippen molar-refractivity contribution in [3.8, 4) is 23.0 Å². The van der Waals surface area contributed by atoms with E-state index in [1.807, 2.05) is 30.3 Å². The third-order valence-electron chi connectivity index (χ3n) is 3.88. The van der Waals surface area contributed by atoms with Gasteiger partial charge in [0.15, 0.2) is 0 Å². The first kappa shape index (κ1) is 18.8. The van der Waals surface area contributed by atoms with Gasteiger partial charge in [0.05, 0.1) is 25.5 Å². The Morgan fingerprint density at radius 3 is 2.59 bits per heavy atom. The Labute approximate surface area is 161 Å². The summed E-state index contributed by atoms with van der Waals surface area (Å²) in [5.41, 5.74) is 1.49. The minimum atomic E-state index is -0.0621. The molecule has 0 aliphatic heterocycles. The normalized spacial score (nSPS) is 10.5. The lowest BCUT2D eigenvalue weighted by molar-refractivity contribution is -0.115. The van der Waals surface area contributed by atoms with Crippen molar-refractivity contribution >= 4 is 23.4 Å². The van der Waals surface area contributed by atoms with Gasteiger partial charge in [-0.05, 0) is 24.3 Å². The van der Waals surface area contributed by atoms with Crippen LogP contribution in [0.3, 0.4) is 0 Å². The van der Waals surface area contributed by atoms with Gasteiger partial charge >= 0.3 is 0 Å². The van der Waals surface area contributed by atoms with Crippen LogP contribution in [-0.2, 0) is 4.79 Å². The molecule has 0 N–H and O–H groups in total. The molecule has 7 nitrogen and oxygen atoms in total. The van der Waals surface area contributed by atoms with Crippen molar-refractivity contribution in [2.45, 2.75) is 5.22 Å². The molecule has 0 saturated carbocycles. The Kier molecular flexibility index (Phi) is 5.97. The summed E-state index contributed by atoms with van der Waals surface area (Å²) >= 11 is 1.19. The van der Waals surface area contributed by atoms with Gasteiger partial charge in [-0.1, -0.05) is 30.0 Å². The number of anilines is 1. The van der Waals surface area contributed by atoms with Crippen LogP contribution in [-0.4, -0.2) is 43.1 Å². The molecule has 1 aromatic heterocycles. The topological polar surface area (TPSA) is 77.7 Å². The molecule has 0 aliphatic rings. The number of hydrogen-bond acceptors (Lipinski definition) is 7. The minimum absolute atomic E-state index is 0.0621. The molecule has 1 heterocycles. The molecule has 0 saturated heterocycles. The number of thioether (sulfide) groups is 1. The fourth-order valence-corrected chi connectivity index (χ4v) is 3.05. The average molecular weight is 385 g/mol. The Balaban J connectivity index is 1.67. The van der Waals surface area contributed by atoms with E-state index in [1.165, 1.54) is 11.8 Å². The van der Waals surface area contributed by atoms with Crippen LogP contribution in [0.1, 0.15) is 0 Å². The minimum Gasteiger partial charge on any atom is -0.497 e. The van der Waals surface area contributed by atoms with Crippen molar-refractivity contribution in [2.75, 3.05) is 31.9 Å². The number of carbonyl (C=O) groups excluding carboxylic acids is 1. The summed E-state index contributed by atoms with van der Waals surface area (Å²) in [4.78, 5) is 13.9. The van der Waals surface area contributed by atoms with E-state index in [0.717, 1.165) is 5.69 Å². The van der Waals surface area contributed by atoms with Crippen LogP contribution >= 0.6 is 11.8 Å². The Hall–Kier alpha value is -3.00. The van der Waals surface area contributed by atoms with E-state index < -0.39 is 0 Å². The van der Waals surface area contributed by atoms with Crippen LogP contribution in [0.15, 0.2) is 58.2 Å². The zero-order chi connectivity index (χ0) is 19.2. The first-order valence-electron chi connectivity index (χ1n) is 8.12. The van der Waals surface area contributed by atoms with Gasteiger partial charge in [0.2, 0.25) is 5.91 Å². The van der Waals surface area contributed by atoms with Gasteiger partial charge in [-0.15, -0.1) is 10.2 Å². The second-order valence-electron chi connectivity index (χ2n) is 5.52. The lowest BCUT2D eigenvalue weighted by Gasteiger charge is -2.16. The summed E-state index contributed by atoms with van der Waals surface area (Å²) in [5, 5.41) is 8.37. The molecule has 0 unspecified atom stereocenters. The molecule has 0 bridgehead atoms. The van der Waals surface area contributed by atoms with Gasteiger partial charge < -0.3 is 18.8 Å². The molecule has 0 atom stereocenters. The third-order valence-corrected chi connectivity index (χ3v) is 4.69. The highest BCUT2D eigenvalue weighted by atomic mass is 32.2. The summed E-state index contributed by atoms with van der Waals surface area (Å²) in [7, 11) is 4.88. The molecular formula is C19H19N3O4S. The summed E-state index contributed by atoms with van der Waals surface area (Å²) in [5.74, 6) is 1.68. The lowest BCUT2D eigenvalue weighted by atomic mass is 10.2. The van der Waals surface area contributed by atoms with E-state index in [9.17, 15) is 4.79 Å². The zero-order valence-electron chi connectivity index (χ0n) is 15.2. The lowest BCUT2D eigenvalue weighted by Crippen LogP contribution is -2.27. The fourth-order valence-electron chi connectivity index (χ4n) is 2.37. The second kappa shape index (κ2) is 8.59. The first-order chi connectivity index (χ1) is 13.1. The zero-order valence-corrected chi connectivity index (χ0v) is 16.0. The van der Waals surface area contributed by atoms with Crippen LogP contribution in [0.5, 0.6) is 11.5 Å². The van der Waals surface area contributed by atoms with Crippen molar-refractivity contribution in [3.63, 3.8) is 0 Å². The Bertz CT molecular complexity index is 914. The summed E-state index contributed by atoms with van der Waals surface area (Å²) in [6.45, 7) is 0. The van der Waals surface area contributed by atoms with E-state index in [0.29, 0.717) is 28.2 Å². The second-order valence-corrected chi connectivity index (χ2v) is 6.44. The molecule has 0 aliphatic carbocycles. The molecule has 0 spiro atoms. The maximum atomic E-state index is 12.3. The van der Waals surface area contributed by atoms with E-state index in [-0.39, 0.29) is 11.7 Å². The summed E-state index contributed by atoms with van der Waals surface area (Å²) in [6.07, 6.45) is 0. The van der Waals surface area contributed by atoms with E-state index >= 15 is 0 Å². The molecule has 0 radical (unpaired) electrons. The monoisotopic (exact) mass is 385 g/mol. The average Bonchev–Trinajstić information content (AvgIpc) is 3.20. The van der Waals surface area contributed by atoms with Crippen LogP contribution in [0.4, 0.5) is 5.69 Å². The van der Waals surface area contributed by atoms with Gasteiger partial charge in [-0.2, -0.15) is 0 Å². The van der Waals surface area contributed by atoms with Crippen LogP contribution in [0.25, 0.3) is 11.5 Å². The highest BCUT2D eigenvalue weighted by Gasteiger charge is 2.17. The predicted octanol–water partition coefficient (Wildman–Crippen LogP) is 3.51. The maximum Gasteiger partial charge on any atom is 0.277 e. The highest BCUT2D eigenvalue weighted by Crippen LogP contribution is 2.33. The molecule has 0 fully saturated rings. The molecule has 3 aromatic rings. The molecule has 140 valence electrons. The van der Waals surface area contributed by atoms with Gasteiger partial charge in [0.25, 0.3) is 11.1 Å². The molecule has 27 heavy (non-hydrogen) atoms. The quantitative estimate of drug-likeness (QED) is 0.576. The molecule has 8 heteroatoms. The third kappa shape index (κ3) is 4.40. The van der Waals surface area contributed by atoms with Crippen LogP contribution < -0.4 is 14.4 Å². The highest BCUT2D eigenvalue weighted by molar-refractivity contribution is 7.99. The fraction of sp³-hybridized carbons (Fsp3) is 0.211. The van der Waals surface area contributed by atoms with E-state index in [4.69, 9.17) is 13.9 Å². The largest absolute Gasteiger partial charge is 0.497 e. The number of carbonyl (C=O) groups is 1. The molecule has 1 amide bonds. The van der Waals surface area contributed by atoms with E-state index in [2.05, 4.69) is 10.2 Å². The van der Waals surface area contributed by atoms with Gasteiger partial charge in [0, 0.05) is 18.8 Å². The first-order valence-corrected chi connectivity index (χ1v) is 9.11. The van der Waals surface area contributed by atoms with Crippen molar-refractivity contribution in [2.24, 2.45) is 0 Å². The van der Waals surface area contributed by atoms with E-state index in [1.54, 1.807) is 44.4 Å². The smallest absolute Gasteiger partial charge is 0.277 e. The standard InChI is InChI=1S/C19H19N3O4S/c1-22(13-7-5-4-6-8-13)17(23)12-27-19-21-20-18(26-19)15-10-9-14(24-2)11-16(15)25-3/h4-11H,12H2,1-3H3. The summed E-state index contributed by atoms with van der Waals surface area (Å²) < 4.78 is 16.2. The number of aromatic nitrogens is 2. The Morgan fingerprint density at radius 2 is 1.89 bits per heavy atom. The van der Waals surface area contributed by atoms with Crippen LogP contribution in [0.2, 0.25) is 0 Å². The SMILES string of the molecule is COc1ccc(-c2nnc(SCC(=O)N(C)c3ccccc3)o2)c(OC)c1. The molecular weight excluding hydrogens is 366 g/mol. The number of rotatable bonds is 7. The number of para-hydroxylation sites is 1. The molecule has 2 aromatic carbocycles. The van der Waals surface area contributed by atoms with Gasteiger partial charge in [-0.25, -0.2) is 0 Å². The van der Waals surface area contributed by atoms with Gasteiger partial charge in [0.1, 0.15) is 11.5 Å². The number of hydrogen-bond donors (Lipinski definition) is 0. The Morgan fingerprint density at radius 1 is 1.11 bits per heavy atom. The molecule has 3 rings (SSSR count). The number of ether oxygens (including phenoxy) is 2. The predicted molar refractivity (Wildman–Crippen MR) is 103 cm³/mol. The number of benzene rings is 2. The maximum absolute atomic E-state index is 12.3. The van der Waals surface area contributed by atoms with Crippen molar-refractivity contribution in [3.05, 3.63) is 48.5 Å². The van der Waals surface area contributed by atoms with Crippen molar-refractivity contribution < 1.29 is 18.7 Å².